The second-order valence-electron chi connectivity index (χ2n) is 4.10. The van der Waals surface area contributed by atoms with Gasteiger partial charge in [0.15, 0.2) is 0 Å². The van der Waals surface area contributed by atoms with Gasteiger partial charge in [-0.05, 0) is 26.2 Å². The highest BCUT2D eigenvalue weighted by Gasteiger charge is 2.35. The molecule has 1 N–H and O–H groups in total. The van der Waals surface area contributed by atoms with Crippen LogP contribution >= 0.6 is 0 Å². The predicted octanol–water partition coefficient (Wildman–Crippen LogP) is 2.06. The smallest absolute Gasteiger partial charge is 0.306 e. The molecule has 1 saturated carbocycles. The minimum absolute atomic E-state index is 0.122. The lowest BCUT2D eigenvalue weighted by Crippen LogP contribution is -2.32. The summed E-state index contributed by atoms with van der Waals surface area (Å²) in [7, 11) is 0. The average molecular weight is 186 g/mol. The highest BCUT2D eigenvalue weighted by molar-refractivity contribution is 5.68. The van der Waals surface area contributed by atoms with E-state index in [9.17, 15) is 4.79 Å². The Labute approximate surface area is 79.1 Å². The van der Waals surface area contributed by atoms with Crippen molar-refractivity contribution in [2.75, 3.05) is 6.61 Å². The highest BCUT2D eigenvalue weighted by atomic mass is 16.5. The normalized spacial score (nSPS) is 21.1. The molecule has 0 aromatic carbocycles. The Balaban J connectivity index is 2.44. The van der Waals surface area contributed by atoms with Crippen molar-refractivity contribution in [2.24, 2.45) is 5.92 Å². The summed E-state index contributed by atoms with van der Waals surface area (Å²) in [5.74, 6) is -0.0625. The molecule has 0 aromatic heterocycles. The Morgan fingerprint density at radius 2 is 2.23 bits per heavy atom. The first-order valence-electron chi connectivity index (χ1n) is 4.91. The average Bonchev–Trinajstić information content (AvgIpc) is 2.68. The van der Waals surface area contributed by atoms with Gasteiger partial charge in [0, 0.05) is 6.61 Å². The zero-order chi connectivity index (χ0) is 9.90. The predicted molar refractivity (Wildman–Crippen MR) is 49.6 cm³/mol. The first-order valence-corrected chi connectivity index (χ1v) is 4.91. The van der Waals surface area contributed by atoms with Gasteiger partial charge in [0.2, 0.25) is 0 Å². The van der Waals surface area contributed by atoms with E-state index in [-0.39, 0.29) is 6.42 Å². The molecule has 0 aromatic rings. The summed E-state index contributed by atoms with van der Waals surface area (Å²) in [6.45, 7) is 4.41. The van der Waals surface area contributed by atoms with Crippen molar-refractivity contribution < 1.29 is 14.6 Å². The lowest BCUT2D eigenvalue weighted by molar-refractivity contribution is -0.145. The third kappa shape index (κ3) is 3.77. The van der Waals surface area contributed by atoms with E-state index in [2.05, 4.69) is 0 Å². The number of rotatable bonds is 6. The second kappa shape index (κ2) is 4.09. The molecular weight excluding hydrogens is 168 g/mol. The molecule has 0 heterocycles. The van der Waals surface area contributed by atoms with Gasteiger partial charge in [-0.15, -0.1) is 0 Å². The van der Waals surface area contributed by atoms with E-state index in [1.807, 2.05) is 13.8 Å². The molecule has 0 saturated heterocycles. The molecule has 1 aliphatic carbocycles. The second-order valence-corrected chi connectivity index (χ2v) is 4.10. The Kier molecular flexibility index (Phi) is 3.31. The largest absolute Gasteiger partial charge is 0.481 e. The van der Waals surface area contributed by atoms with E-state index in [1.165, 1.54) is 12.8 Å². The quantitative estimate of drug-likeness (QED) is 0.690. The van der Waals surface area contributed by atoms with Gasteiger partial charge in [0.05, 0.1) is 12.0 Å². The van der Waals surface area contributed by atoms with Crippen LogP contribution in [0.1, 0.15) is 39.5 Å². The number of carboxylic acids is 1. The standard InChI is InChI=1S/C10H18O3/c1-3-13-10(2,7-9(11)12)6-8-4-5-8/h8H,3-7H2,1-2H3,(H,11,12). The van der Waals surface area contributed by atoms with Gasteiger partial charge in [-0.25, -0.2) is 0 Å². The molecule has 1 aliphatic rings. The molecule has 76 valence electrons. The highest BCUT2D eigenvalue weighted by Crippen LogP contribution is 2.39. The summed E-state index contributed by atoms with van der Waals surface area (Å²) in [4.78, 5) is 10.6. The fourth-order valence-electron chi connectivity index (χ4n) is 1.78. The summed E-state index contributed by atoms with van der Waals surface area (Å²) >= 11 is 0. The molecule has 1 unspecified atom stereocenters. The van der Waals surface area contributed by atoms with E-state index in [0.717, 1.165) is 6.42 Å². The molecule has 0 radical (unpaired) electrons. The maximum absolute atomic E-state index is 10.6. The Morgan fingerprint density at radius 1 is 1.62 bits per heavy atom. The molecular formula is C10H18O3. The fraction of sp³-hybridized carbons (Fsp3) is 0.900. The van der Waals surface area contributed by atoms with Gasteiger partial charge in [-0.2, -0.15) is 0 Å². The molecule has 0 amide bonds. The van der Waals surface area contributed by atoms with Crippen LogP contribution in [0.3, 0.4) is 0 Å². The van der Waals surface area contributed by atoms with Crippen molar-refractivity contribution in [3.05, 3.63) is 0 Å². The van der Waals surface area contributed by atoms with Crippen LogP contribution in [-0.2, 0) is 9.53 Å². The van der Waals surface area contributed by atoms with Crippen molar-refractivity contribution in [2.45, 2.75) is 45.1 Å². The van der Waals surface area contributed by atoms with Crippen LogP contribution in [0, 0.1) is 5.92 Å². The first-order chi connectivity index (χ1) is 6.06. The minimum Gasteiger partial charge on any atom is -0.481 e. The Morgan fingerprint density at radius 3 is 2.62 bits per heavy atom. The van der Waals surface area contributed by atoms with Crippen molar-refractivity contribution in [1.29, 1.82) is 0 Å². The van der Waals surface area contributed by atoms with E-state index < -0.39 is 11.6 Å². The van der Waals surface area contributed by atoms with E-state index in [4.69, 9.17) is 9.84 Å². The van der Waals surface area contributed by atoms with Gasteiger partial charge in [0.1, 0.15) is 0 Å². The molecule has 0 bridgehead atoms. The van der Waals surface area contributed by atoms with Crippen LogP contribution in [0.25, 0.3) is 0 Å². The number of carboxylic acid groups (broad SMARTS) is 1. The lowest BCUT2D eigenvalue weighted by atomic mass is 9.95. The van der Waals surface area contributed by atoms with Gasteiger partial charge in [-0.1, -0.05) is 12.8 Å². The van der Waals surface area contributed by atoms with Crippen molar-refractivity contribution in [3.8, 4) is 0 Å². The van der Waals surface area contributed by atoms with E-state index >= 15 is 0 Å². The van der Waals surface area contributed by atoms with Crippen LogP contribution in [0.2, 0.25) is 0 Å². The summed E-state index contributed by atoms with van der Waals surface area (Å²) < 4.78 is 5.51. The SMILES string of the molecule is CCOC(C)(CC(=O)O)CC1CC1. The summed E-state index contributed by atoms with van der Waals surface area (Å²) in [5.41, 5.74) is -0.443. The van der Waals surface area contributed by atoms with Gasteiger partial charge in [-0.3, -0.25) is 4.79 Å². The van der Waals surface area contributed by atoms with Gasteiger partial charge < -0.3 is 9.84 Å². The molecule has 1 rings (SSSR count). The molecule has 13 heavy (non-hydrogen) atoms. The number of hydrogen-bond donors (Lipinski definition) is 1. The number of carbonyl (C=O) groups is 1. The number of ether oxygens (including phenoxy) is 1. The minimum atomic E-state index is -0.767. The monoisotopic (exact) mass is 186 g/mol. The molecule has 3 heteroatoms. The number of hydrogen-bond acceptors (Lipinski definition) is 2. The molecule has 0 aliphatic heterocycles. The van der Waals surface area contributed by atoms with Gasteiger partial charge >= 0.3 is 5.97 Å². The first kappa shape index (κ1) is 10.5. The number of aliphatic carboxylic acids is 1. The van der Waals surface area contributed by atoms with Crippen LogP contribution in [0.5, 0.6) is 0 Å². The van der Waals surface area contributed by atoms with Crippen molar-refractivity contribution >= 4 is 5.97 Å². The summed E-state index contributed by atoms with van der Waals surface area (Å²) in [6.07, 6.45) is 3.50. The maximum atomic E-state index is 10.6. The Bertz CT molecular complexity index is 187. The summed E-state index contributed by atoms with van der Waals surface area (Å²) in [6, 6.07) is 0. The van der Waals surface area contributed by atoms with E-state index in [0.29, 0.717) is 12.5 Å². The zero-order valence-electron chi connectivity index (χ0n) is 8.38. The van der Waals surface area contributed by atoms with Crippen LogP contribution in [0.15, 0.2) is 0 Å². The molecule has 1 atom stereocenters. The third-order valence-electron chi connectivity index (χ3n) is 2.44. The molecule has 3 nitrogen and oxygen atoms in total. The van der Waals surface area contributed by atoms with Crippen LogP contribution < -0.4 is 0 Å². The molecule has 1 fully saturated rings. The zero-order valence-corrected chi connectivity index (χ0v) is 8.38. The maximum Gasteiger partial charge on any atom is 0.306 e. The van der Waals surface area contributed by atoms with Crippen LogP contribution in [-0.4, -0.2) is 23.3 Å². The topological polar surface area (TPSA) is 46.5 Å². The molecule has 0 spiro atoms. The summed E-state index contributed by atoms with van der Waals surface area (Å²) in [5, 5.41) is 8.73. The fourth-order valence-corrected chi connectivity index (χ4v) is 1.78. The van der Waals surface area contributed by atoms with Crippen molar-refractivity contribution in [1.82, 2.24) is 0 Å². The van der Waals surface area contributed by atoms with Crippen LogP contribution in [0.4, 0.5) is 0 Å². The third-order valence-corrected chi connectivity index (χ3v) is 2.44. The lowest BCUT2D eigenvalue weighted by Gasteiger charge is -2.27. The van der Waals surface area contributed by atoms with Crippen molar-refractivity contribution in [3.63, 3.8) is 0 Å². The van der Waals surface area contributed by atoms with E-state index in [1.54, 1.807) is 0 Å². The van der Waals surface area contributed by atoms with Gasteiger partial charge in [0.25, 0.3) is 0 Å². The Hall–Kier alpha value is -0.570.